The van der Waals surface area contributed by atoms with E-state index in [1.165, 1.54) is 25.7 Å². The van der Waals surface area contributed by atoms with Gasteiger partial charge in [0.25, 0.3) is 0 Å². The van der Waals surface area contributed by atoms with Crippen molar-refractivity contribution in [2.75, 3.05) is 0 Å². The van der Waals surface area contributed by atoms with Crippen LogP contribution in [0.2, 0.25) is 0 Å². The van der Waals surface area contributed by atoms with Crippen molar-refractivity contribution in [3.63, 3.8) is 0 Å². The van der Waals surface area contributed by atoms with E-state index in [1.54, 1.807) is 0 Å². The molecule has 0 fully saturated rings. The van der Waals surface area contributed by atoms with Crippen molar-refractivity contribution in [2.45, 2.75) is 46.0 Å². The number of aryl methyl sites for hydroxylation is 1. The smallest absolute Gasteiger partial charge is 0.126 e. The molecule has 0 aliphatic carbocycles. The minimum absolute atomic E-state index is 0.970. The number of hydrogen-bond acceptors (Lipinski definition) is 1. The van der Waals surface area contributed by atoms with Crippen LogP contribution in [0.4, 0.5) is 0 Å². The predicted octanol–water partition coefficient (Wildman–Crippen LogP) is 4.44. The van der Waals surface area contributed by atoms with Crippen molar-refractivity contribution < 1.29 is 4.42 Å². The average Bonchev–Trinajstić information content (AvgIpc) is 2.61. The van der Waals surface area contributed by atoms with Gasteiger partial charge in [0.2, 0.25) is 0 Å². The van der Waals surface area contributed by atoms with Crippen molar-refractivity contribution in [3.8, 4) is 0 Å². The first kappa shape index (κ1) is 11.1. The molecule has 0 atom stereocenters. The number of allylic oxidation sites excluding steroid dienone is 1. The SMILES string of the molecule is C/C=C/c1ccc(CCCCCC)o1. The maximum absolute atomic E-state index is 5.62. The minimum atomic E-state index is 0.970. The first-order chi connectivity index (χ1) is 6.86. The lowest BCUT2D eigenvalue weighted by atomic mass is 10.1. The fourth-order valence-electron chi connectivity index (χ4n) is 1.51. The molecule has 0 spiro atoms. The largest absolute Gasteiger partial charge is 0.462 e. The van der Waals surface area contributed by atoms with Gasteiger partial charge in [-0.05, 0) is 31.6 Å². The Hall–Kier alpha value is -0.980. The van der Waals surface area contributed by atoms with E-state index in [4.69, 9.17) is 4.42 Å². The van der Waals surface area contributed by atoms with E-state index in [2.05, 4.69) is 13.0 Å². The van der Waals surface area contributed by atoms with Crippen molar-refractivity contribution in [3.05, 3.63) is 29.7 Å². The number of hydrogen-bond donors (Lipinski definition) is 0. The number of unbranched alkanes of at least 4 members (excludes halogenated alkanes) is 3. The number of rotatable bonds is 6. The normalized spacial score (nSPS) is 11.3. The molecule has 1 aromatic rings. The predicted molar refractivity (Wildman–Crippen MR) is 61.3 cm³/mol. The van der Waals surface area contributed by atoms with Gasteiger partial charge in [-0.15, -0.1) is 0 Å². The van der Waals surface area contributed by atoms with E-state index in [0.717, 1.165) is 17.9 Å². The van der Waals surface area contributed by atoms with Crippen molar-refractivity contribution >= 4 is 6.08 Å². The van der Waals surface area contributed by atoms with Crippen LogP contribution in [0.1, 0.15) is 51.1 Å². The third-order valence-electron chi connectivity index (χ3n) is 2.29. The molecule has 1 nitrogen and oxygen atoms in total. The maximum Gasteiger partial charge on any atom is 0.126 e. The second-order valence-corrected chi connectivity index (χ2v) is 3.61. The Kier molecular flexibility index (Phi) is 5.13. The zero-order chi connectivity index (χ0) is 10.2. The fourth-order valence-corrected chi connectivity index (χ4v) is 1.51. The van der Waals surface area contributed by atoms with Crippen LogP contribution in [-0.2, 0) is 6.42 Å². The molecule has 1 heterocycles. The molecular weight excluding hydrogens is 172 g/mol. The van der Waals surface area contributed by atoms with Gasteiger partial charge in [0.15, 0.2) is 0 Å². The molecule has 0 radical (unpaired) electrons. The van der Waals surface area contributed by atoms with Crippen molar-refractivity contribution in [2.24, 2.45) is 0 Å². The summed E-state index contributed by atoms with van der Waals surface area (Å²) in [5.74, 6) is 2.09. The van der Waals surface area contributed by atoms with E-state index in [1.807, 2.05) is 25.1 Å². The summed E-state index contributed by atoms with van der Waals surface area (Å²) in [5, 5.41) is 0. The molecule has 78 valence electrons. The Balaban J connectivity index is 2.29. The van der Waals surface area contributed by atoms with Crippen LogP contribution in [0.5, 0.6) is 0 Å². The van der Waals surface area contributed by atoms with Crippen molar-refractivity contribution in [1.29, 1.82) is 0 Å². The molecule has 1 aromatic heterocycles. The minimum Gasteiger partial charge on any atom is -0.462 e. The molecule has 1 heteroatoms. The molecule has 0 saturated carbocycles. The molecule has 14 heavy (non-hydrogen) atoms. The summed E-state index contributed by atoms with van der Waals surface area (Å²) in [6.07, 6.45) is 10.3. The highest BCUT2D eigenvalue weighted by Crippen LogP contribution is 2.13. The zero-order valence-electron chi connectivity index (χ0n) is 9.25. The highest BCUT2D eigenvalue weighted by atomic mass is 16.3. The molecule has 0 unspecified atom stereocenters. The summed E-state index contributed by atoms with van der Waals surface area (Å²) in [6.45, 7) is 4.24. The third-order valence-corrected chi connectivity index (χ3v) is 2.29. The lowest BCUT2D eigenvalue weighted by Crippen LogP contribution is -1.81. The van der Waals surface area contributed by atoms with E-state index in [9.17, 15) is 0 Å². The molecule has 0 aliphatic heterocycles. The second kappa shape index (κ2) is 6.47. The van der Waals surface area contributed by atoms with E-state index in [-0.39, 0.29) is 0 Å². The van der Waals surface area contributed by atoms with Crippen LogP contribution in [0.25, 0.3) is 6.08 Å². The monoisotopic (exact) mass is 192 g/mol. The highest BCUT2D eigenvalue weighted by molar-refractivity contribution is 5.42. The van der Waals surface area contributed by atoms with Crippen LogP contribution in [-0.4, -0.2) is 0 Å². The summed E-state index contributed by atoms with van der Waals surface area (Å²) in [7, 11) is 0. The summed E-state index contributed by atoms with van der Waals surface area (Å²) in [6, 6.07) is 4.12. The average molecular weight is 192 g/mol. The van der Waals surface area contributed by atoms with Crippen LogP contribution in [0.15, 0.2) is 22.6 Å². The van der Waals surface area contributed by atoms with Gasteiger partial charge in [-0.25, -0.2) is 0 Å². The molecule has 0 aliphatic rings. The maximum atomic E-state index is 5.62. The van der Waals surface area contributed by atoms with Gasteiger partial charge >= 0.3 is 0 Å². The standard InChI is InChI=1S/C13H20O/c1-3-5-6-7-9-13-11-10-12(14-13)8-4-2/h4,8,10-11H,3,5-7,9H2,1-2H3/b8-4+. The summed E-state index contributed by atoms with van der Waals surface area (Å²) < 4.78 is 5.62. The molecule has 1 rings (SSSR count). The number of furan rings is 1. The van der Waals surface area contributed by atoms with E-state index >= 15 is 0 Å². The summed E-state index contributed by atoms with van der Waals surface area (Å²) in [5.41, 5.74) is 0. The van der Waals surface area contributed by atoms with Gasteiger partial charge in [-0.3, -0.25) is 0 Å². The highest BCUT2D eigenvalue weighted by Gasteiger charge is 1.98. The molecule has 0 bridgehead atoms. The quantitative estimate of drug-likeness (QED) is 0.607. The third kappa shape index (κ3) is 3.82. The lowest BCUT2D eigenvalue weighted by Gasteiger charge is -1.96. The first-order valence-corrected chi connectivity index (χ1v) is 5.58. The van der Waals surface area contributed by atoms with Gasteiger partial charge in [0.1, 0.15) is 11.5 Å². The Morgan fingerprint density at radius 3 is 2.79 bits per heavy atom. The van der Waals surface area contributed by atoms with E-state index < -0.39 is 0 Å². The van der Waals surface area contributed by atoms with Crippen molar-refractivity contribution in [1.82, 2.24) is 0 Å². The van der Waals surface area contributed by atoms with Gasteiger partial charge in [-0.1, -0.05) is 32.3 Å². The molecule has 0 aromatic carbocycles. The second-order valence-electron chi connectivity index (χ2n) is 3.61. The first-order valence-electron chi connectivity index (χ1n) is 5.58. The Labute approximate surface area is 86.8 Å². The van der Waals surface area contributed by atoms with Gasteiger partial charge in [0.05, 0.1) is 0 Å². The van der Waals surface area contributed by atoms with Gasteiger partial charge in [0, 0.05) is 6.42 Å². The van der Waals surface area contributed by atoms with Gasteiger partial charge in [-0.2, -0.15) is 0 Å². The molecule has 0 saturated heterocycles. The zero-order valence-corrected chi connectivity index (χ0v) is 9.25. The van der Waals surface area contributed by atoms with Crippen LogP contribution >= 0.6 is 0 Å². The molecule has 0 amide bonds. The Bertz CT molecular complexity index is 271. The fraction of sp³-hybridized carbons (Fsp3) is 0.538. The summed E-state index contributed by atoms with van der Waals surface area (Å²) in [4.78, 5) is 0. The molecular formula is C13H20O. The summed E-state index contributed by atoms with van der Waals surface area (Å²) >= 11 is 0. The lowest BCUT2D eigenvalue weighted by molar-refractivity contribution is 0.487. The van der Waals surface area contributed by atoms with E-state index in [0.29, 0.717) is 0 Å². The van der Waals surface area contributed by atoms with Crippen LogP contribution in [0.3, 0.4) is 0 Å². The van der Waals surface area contributed by atoms with Crippen LogP contribution in [0, 0.1) is 0 Å². The topological polar surface area (TPSA) is 13.1 Å². The Morgan fingerprint density at radius 1 is 1.21 bits per heavy atom. The van der Waals surface area contributed by atoms with Crippen LogP contribution < -0.4 is 0 Å². The van der Waals surface area contributed by atoms with Gasteiger partial charge < -0.3 is 4.42 Å². The molecule has 0 N–H and O–H groups in total. The Morgan fingerprint density at radius 2 is 2.07 bits per heavy atom.